The first-order chi connectivity index (χ1) is 10.2. The SMILES string of the molecule is O=C(Cc1ccccc1)Nc1nc(-c2ccc(Br)s2)cs1. The molecule has 0 bridgehead atoms. The number of aromatic nitrogens is 1. The van der Waals surface area contributed by atoms with E-state index in [9.17, 15) is 4.79 Å². The maximum atomic E-state index is 12.0. The van der Waals surface area contributed by atoms with E-state index < -0.39 is 0 Å². The first-order valence-electron chi connectivity index (χ1n) is 6.26. The number of carbonyl (C=O) groups is 1. The molecule has 0 saturated heterocycles. The van der Waals surface area contributed by atoms with Gasteiger partial charge in [0.2, 0.25) is 5.91 Å². The molecule has 0 saturated carbocycles. The lowest BCUT2D eigenvalue weighted by molar-refractivity contribution is -0.115. The Morgan fingerprint density at radius 1 is 1.19 bits per heavy atom. The monoisotopic (exact) mass is 378 g/mol. The summed E-state index contributed by atoms with van der Waals surface area (Å²) < 4.78 is 1.07. The molecule has 0 atom stereocenters. The molecule has 0 spiro atoms. The maximum absolute atomic E-state index is 12.0. The predicted octanol–water partition coefficient (Wildman–Crippen LogP) is 4.82. The van der Waals surface area contributed by atoms with Crippen LogP contribution in [0.15, 0.2) is 51.6 Å². The van der Waals surface area contributed by atoms with E-state index in [2.05, 4.69) is 26.2 Å². The summed E-state index contributed by atoms with van der Waals surface area (Å²) in [5.74, 6) is -0.0468. The van der Waals surface area contributed by atoms with Crippen LogP contribution in [0.3, 0.4) is 0 Å². The van der Waals surface area contributed by atoms with Crippen molar-refractivity contribution in [1.82, 2.24) is 4.98 Å². The number of thiazole rings is 1. The van der Waals surface area contributed by atoms with Crippen LogP contribution in [0.25, 0.3) is 10.6 Å². The molecule has 1 amide bonds. The van der Waals surface area contributed by atoms with Gasteiger partial charge in [0.05, 0.1) is 20.8 Å². The average molecular weight is 379 g/mol. The lowest BCUT2D eigenvalue weighted by Crippen LogP contribution is -2.14. The van der Waals surface area contributed by atoms with Crippen LogP contribution in [0.4, 0.5) is 5.13 Å². The molecule has 21 heavy (non-hydrogen) atoms. The highest BCUT2D eigenvalue weighted by Crippen LogP contribution is 2.33. The number of amides is 1. The lowest BCUT2D eigenvalue weighted by atomic mass is 10.1. The fourth-order valence-corrected chi connectivity index (χ4v) is 3.99. The Morgan fingerprint density at radius 3 is 2.71 bits per heavy atom. The number of benzene rings is 1. The molecule has 6 heteroatoms. The van der Waals surface area contributed by atoms with Crippen LogP contribution < -0.4 is 5.32 Å². The van der Waals surface area contributed by atoms with Gasteiger partial charge < -0.3 is 5.32 Å². The molecule has 2 heterocycles. The number of nitrogens with one attached hydrogen (secondary N) is 1. The van der Waals surface area contributed by atoms with Gasteiger partial charge in [0, 0.05) is 5.38 Å². The topological polar surface area (TPSA) is 42.0 Å². The molecule has 3 nitrogen and oxygen atoms in total. The van der Waals surface area contributed by atoms with Gasteiger partial charge in [-0.25, -0.2) is 4.98 Å². The van der Waals surface area contributed by atoms with Crippen LogP contribution in [0.2, 0.25) is 0 Å². The highest BCUT2D eigenvalue weighted by atomic mass is 79.9. The number of halogens is 1. The fraction of sp³-hybridized carbons (Fsp3) is 0.0667. The van der Waals surface area contributed by atoms with Gasteiger partial charge in [0.1, 0.15) is 0 Å². The van der Waals surface area contributed by atoms with E-state index in [1.54, 1.807) is 11.3 Å². The summed E-state index contributed by atoms with van der Waals surface area (Å²) in [6.07, 6.45) is 0.361. The van der Waals surface area contributed by atoms with Crippen molar-refractivity contribution in [3.63, 3.8) is 0 Å². The number of rotatable bonds is 4. The zero-order valence-corrected chi connectivity index (χ0v) is 14.1. The summed E-state index contributed by atoms with van der Waals surface area (Å²) in [7, 11) is 0. The lowest BCUT2D eigenvalue weighted by Gasteiger charge is -2.01. The first kappa shape index (κ1) is 14.4. The molecule has 0 unspecified atom stereocenters. The van der Waals surface area contributed by atoms with Gasteiger partial charge in [0.15, 0.2) is 5.13 Å². The van der Waals surface area contributed by atoms with E-state index in [-0.39, 0.29) is 5.91 Å². The summed E-state index contributed by atoms with van der Waals surface area (Å²) in [5, 5.41) is 5.44. The molecule has 0 aliphatic rings. The number of carbonyl (C=O) groups excluding carboxylic acids is 1. The Kier molecular flexibility index (Phi) is 4.48. The third-order valence-electron chi connectivity index (χ3n) is 2.78. The third kappa shape index (κ3) is 3.78. The van der Waals surface area contributed by atoms with Crippen LogP contribution in [0.5, 0.6) is 0 Å². The van der Waals surface area contributed by atoms with Gasteiger partial charge in [0.25, 0.3) is 0 Å². The van der Waals surface area contributed by atoms with Crippen LogP contribution in [0.1, 0.15) is 5.56 Å². The molecular weight excluding hydrogens is 368 g/mol. The summed E-state index contributed by atoms with van der Waals surface area (Å²) >= 11 is 6.50. The minimum Gasteiger partial charge on any atom is -0.302 e. The zero-order valence-electron chi connectivity index (χ0n) is 10.9. The molecule has 2 aromatic heterocycles. The molecule has 0 aliphatic carbocycles. The minimum atomic E-state index is -0.0468. The fourth-order valence-electron chi connectivity index (χ4n) is 1.84. The quantitative estimate of drug-likeness (QED) is 0.707. The predicted molar refractivity (Wildman–Crippen MR) is 91.9 cm³/mol. The van der Waals surface area contributed by atoms with Crippen molar-refractivity contribution < 1.29 is 4.79 Å². The minimum absolute atomic E-state index is 0.0468. The Morgan fingerprint density at radius 2 is 2.00 bits per heavy atom. The highest BCUT2D eigenvalue weighted by Gasteiger charge is 2.10. The van der Waals surface area contributed by atoms with Gasteiger partial charge in [-0.15, -0.1) is 22.7 Å². The normalized spacial score (nSPS) is 10.5. The maximum Gasteiger partial charge on any atom is 0.230 e. The van der Waals surface area contributed by atoms with Crippen molar-refractivity contribution in [3.8, 4) is 10.6 Å². The van der Waals surface area contributed by atoms with Crippen LogP contribution in [-0.4, -0.2) is 10.9 Å². The van der Waals surface area contributed by atoms with Gasteiger partial charge >= 0.3 is 0 Å². The van der Waals surface area contributed by atoms with E-state index in [0.29, 0.717) is 11.6 Å². The summed E-state index contributed by atoms with van der Waals surface area (Å²) in [6, 6.07) is 13.7. The summed E-state index contributed by atoms with van der Waals surface area (Å²) in [4.78, 5) is 17.5. The molecular formula is C15H11BrN2OS2. The zero-order chi connectivity index (χ0) is 14.7. The summed E-state index contributed by atoms with van der Waals surface area (Å²) in [5.41, 5.74) is 1.89. The van der Waals surface area contributed by atoms with Crippen molar-refractivity contribution in [1.29, 1.82) is 0 Å². The molecule has 0 aliphatic heterocycles. The molecule has 1 N–H and O–H groups in total. The number of thiophene rings is 1. The Labute approximate surface area is 138 Å². The second-order valence-corrected chi connectivity index (χ2v) is 7.67. The average Bonchev–Trinajstić information content (AvgIpc) is 3.09. The largest absolute Gasteiger partial charge is 0.302 e. The first-order valence-corrected chi connectivity index (χ1v) is 8.74. The molecule has 106 valence electrons. The molecule has 0 radical (unpaired) electrons. The van der Waals surface area contributed by atoms with Gasteiger partial charge in [-0.3, -0.25) is 4.79 Å². The van der Waals surface area contributed by atoms with E-state index in [1.807, 2.05) is 47.8 Å². The third-order valence-corrected chi connectivity index (χ3v) is 5.19. The molecule has 0 fully saturated rings. The molecule has 1 aromatic carbocycles. The number of hydrogen-bond acceptors (Lipinski definition) is 4. The molecule has 3 aromatic rings. The van der Waals surface area contributed by atoms with Crippen LogP contribution >= 0.6 is 38.6 Å². The second kappa shape index (κ2) is 6.51. The Balaban J connectivity index is 1.66. The van der Waals surface area contributed by atoms with E-state index in [4.69, 9.17) is 0 Å². The van der Waals surface area contributed by atoms with Gasteiger partial charge in [-0.2, -0.15) is 0 Å². The van der Waals surface area contributed by atoms with Crippen molar-refractivity contribution in [2.75, 3.05) is 5.32 Å². The second-order valence-electron chi connectivity index (χ2n) is 4.35. The van der Waals surface area contributed by atoms with Crippen molar-refractivity contribution >= 4 is 49.6 Å². The van der Waals surface area contributed by atoms with Crippen molar-refractivity contribution in [2.45, 2.75) is 6.42 Å². The van der Waals surface area contributed by atoms with Crippen LogP contribution in [-0.2, 0) is 11.2 Å². The van der Waals surface area contributed by atoms with E-state index in [0.717, 1.165) is 19.9 Å². The Bertz CT molecular complexity index is 752. The van der Waals surface area contributed by atoms with Crippen molar-refractivity contribution in [3.05, 3.63) is 57.2 Å². The number of nitrogens with zero attached hydrogens (tertiary/aromatic N) is 1. The summed E-state index contributed by atoms with van der Waals surface area (Å²) in [6.45, 7) is 0. The van der Waals surface area contributed by atoms with Gasteiger partial charge in [-0.05, 0) is 33.6 Å². The number of hydrogen-bond donors (Lipinski definition) is 1. The van der Waals surface area contributed by atoms with Gasteiger partial charge in [-0.1, -0.05) is 30.3 Å². The molecule has 3 rings (SSSR count). The van der Waals surface area contributed by atoms with E-state index >= 15 is 0 Å². The van der Waals surface area contributed by atoms with Crippen molar-refractivity contribution in [2.24, 2.45) is 0 Å². The smallest absolute Gasteiger partial charge is 0.230 e. The Hall–Kier alpha value is -1.50. The van der Waals surface area contributed by atoms with Crippen LogP contribution in [0, 0.1) is 0 Å². The number of anilines is 1. The van der Waals surface area contributed by atoms with E-state index in [1.165, 1.54) is 11.3 Å². The highest BCUT2D eigenvalue weighted by molar-refractivity contribution is 9.11. The standard InChI is InChI=1S/C15H11BrN2OS2/c16-13-7-6-12(21-13)11-9-20-15(17-11)18-14(19)8-10-4-2-1-3-5-10/h1-7,9H,8H2,(H,17,18,19).